The number of aromatic nitrogens is 6. The van der Waals surface area contributed by atoms with Crippen LogP contribution in [-0.4, -0.2) is 48.3 Å². The van der Waals surface area contributed by atoms with E-state index in [1.54, 1.807) is 18.5 Å². The Bertz CT molecular complexity index is 1490. The van der Waals surface area contributed by atoms with Crippen LogP contribution < -0.4 is 10.1 Å². The van der Waals surface area contributed by atoms with E-state index < -0.39 is 0 Å². The molecular formula is C28H33N7O3. The molecule has 10 nitrogen and oxygen atoms in total. The number of nitrogens with one attached hydrogen (secondary N) is 1. The van der Waals surface area contributed by atoms with Crippen LogP contribution in [0.3, 0.4) is 0 Å². The number of Topliss-reactive ketones (excluding diaryl/α,β-unsaturated/α-hetero) is 1. The SMILES string of the molecule is Cn1c(Nc2cc(C(C)(C)C)n([C@@H]3CCOC3)n2)nc2ncc(Oc3ccnc(CC(=O)C4CC4)c3)cc21. The van der Waals surface area contributed by atoms with Gasteiger partial charge < -0.3 is 19.4 Å². The Labute approximate surface area is 221 Å². The second-order valence-corrected chi connectivity index (χ2v) is 11.3. The van der Waals surface area contributed by atoms with Crippen molar-refractivity contribution in [2.45, 2.75) is 57.9 Å². The highest BCUT2D eigenvalue weighted by atomic mass is 16.5. The number of pyridine rings is 2. The van der Waals surface area contributed by atoms with E-state index in [2.05, 4.69) is 51.8 Å². The third-order valence-corrected chi connectivity index (χ3v) is 7.12. The Morgan fingerprint density at radius 2 is 2.00 bits per heavy atom. The third kappa shape index (κ3) is 5.00. The van der Waals surface area contributed by atoms with Crippen molar-refractivity contribution in [3.63, 3.8) is 0 Å². The number of hydrogen-bond acceptors (Lipinski definition) is 8. The first-order chi connectivity index (χ1) is 18.2. The van der Waals surface area contributed by atoms with Gasteiger partial charge in [-0.05, 0) is 25.3 Å². The number of nitrogens with zero attached hydrogens (tertiary/aromatic N) is 6. The van der Waals surface area contributed by atoms with E-state index in [-0.39, 0.29) is 23.2 Å². The molecule has 2 fully saturated rings. The van der Waals surface area contributed by atoms with Crippen LogP contribution in [0.25, 0.3) is 11.2 Å². The summed E-state index contributed by atoms with van der Waals surface area (Å²) in [5, 5.41) is 8.26. The summed E-state index contributed by atoms with van der Waals surface area (Å²) in [6.07, 6.45) is 6.62. The highest BCUT2D eigenvalue weighted by Gasteiger charge is 2.30. The Balaban J connectivity index is 1.22. The fraction of sp³-hybridized carbons (Fsp3) is 0.464. The van der Waals surface area contributed by atoms with Crippen molar-refractivity contribution in [1.29, 1.82) is 0 Å². The monoisotopic (exact) mass is 515 g/mol. The molecule has 6 rings (SSSR count). The van der Waals surface area contributed by atoms with Crippen LogP contribution in [-0.2, 0) is 28.4 Å². The molecule has 1 saturated carbocycles. The standard InChI is InChI=1S/C28H33N7O3/c1-28(2,3)24-14-25(33-35(24)19-8-10-37-16-19)31-27-32-26-22(34(27)4)13-21(15-30-26)38-20-7-9-29-18(11-20)12-23(36)17-5-6-17/h7,9,11,13-15,17,19H,5-6,8,10,12,16H2,1-4H3,(H,30,31,32,33)/t19-/m1/s1. The van der Waals surface area contributed by atoms with Gasteiger partial charge in [0.2, 0.25) is 5.95 Å². The zero-order valence-electron chi connectivity index (χ0n) is 22.3. The summed E-state index contributed by atoms with van der Waals surface area (Å²) in [5.74, 6) is 3.05. The van der Waals surface area contributed by atoms with Crippen molar-refractivity contribution in [2.24, 2.45) is 13.0 Å². The molecule has 1 aliphatic heterocycles. The molecule has 4 aromatic rings. The van der Waals surface area contributed by atoms with E-state index in [1.165, 1.54) is 0 Å². The molecule has 0 unspecified atom stereocenters. The van der Waals surface area contributed by atoms with Crippen LogP contribution >= 0.6 is 0 Å². The van der Waals surface area contributed by atoms with Gasteiger partial charge in [0.25, 0.3) is 0 Å². The van der Waals surface area contributed by atoms with Crippen molar-refractivity contribution >= 4 is 28.7 Å². The highest BCUT2D eigenvalue weighted by molar-refractivity contribution is 5.85. The summed E-state index contributed by atoms with van der Waals surface area (Å²) in [7, 11) is 1.93. The van der Waals surface area contributed by atoms with Gasteiger partial charge in [0.15, 0.2) is 11.5 Å². The summed E-state index contributed by atoms with van der Waals surface area (Å²) >= 11 is 0. The number of fused-ring (bicyclic) bond motifs is 1. The van der Waals surface area contributed by atoms with E-state index in [4.69, 9.17) is 14.6 Å². The number of rotatable bonds is 8. The van der Waals surface area contributed by atoms with Crippen molar-refractivity contribution in [2.75, 3.05) is 18.5 Å². The zero-order valence-corrected chi connectivity index (χ0v) is 22.3. The van der Waals surface area contributed by atoms with Gasteiger partial charge in [-0.15, -0.1) is 0 Å². The Morgan fingerprint density at radius 3 is 2.74 bits per heavy atom. The number of carbonyl (C=O) groups excluding carboxylic acids is 1. The number of hydrogen-bond donors (Lipinski definition) is 1. The Morgan fingerprint density at radius 1 is 1.16 bits per heavy atom. The van der Waals surface area contributed by atoms with Crippen LogP contribution in [0.2, 0.25) is 0 Å². The van der Waals surface area contributed by atoms with E-state index in [1.807, 2.05) is 23.7 Å². The Hall–Kier alpha value is -3.79. The van der Waals surface area contributed by atoms with Gasteiger partial charge in [0.1, 0.15) is 17.3 Å². The predicted octanol–water partition coefficient (Wildman–Crippen LogP) is 4.88. The molecule has 198 valence electrons. The van der Waals surface area contributed by atoms with E-state index in [9.17, 15) is 4.79 Å². The van der Waals surface area contributed by atoms with E-state index in [0.717, 1.165) is 48.6 Å². The molecule has 4 aromatic heterocycles. The van der Waals surface area contributed by atoms with Gasteiger partial charge in [-0.25, -0.2) is 4.98 Å². The quantitative estimate of drug-likeness (QED) is 0.354. The predicted molar refractivity (Wildman–Crippen MR) is 143 cm³/mol. The summed E-state index contributed by atoms with van der Waals surface area (Å²) in [5.41, 5.74) is 3.24. The molecule has 0 aromatic carbocycles. The number of anilines is 2. The molecule has 0 radical (unpaired) electrons. The lowest BCUT2D eigenvalue weighted by Gasteiger charge is -2.22. The molecule has 38 heavy (non-hydrogen) atoms. The molecule has 5 heterocycles. The smallest absolute Gasteiger partial charge is 0.210 e. The minimum Gasteiger partial charge on any atom is -0.456 e. The van der Waals surface area contributed by atoms with Crippen molar-refractivity contribution in [3.05, 3.63) is 48.0 Å². The molecular weight excluding hydrogens is 482 g/mol. The van der Waals surface area contributed by atoms with Gasteiger partial charge in [-0.2, -0.15) is 10.1 Å². The van der Waals surface area contributed by atoms with Gasteiger partial charge in [0.05, 0.1) is 30.1 Å². The second kappa shape index (κ2) is 9.50. The third-order valence-electron chi connectivity index (χ3n) is 7.12. The number of aryl methyl sites for hydroxylation is 1. The average Bonchev–Trinajstić information content (AvgIpc) is 3.27. The highest BCUT2D eigenvalue weighted by Crippen LogP contribution is 2.33. The molecule has 2 aliphatic rings. The van der Waals surface area contributed by atoms with Crippen LogP contribution in [0.5, 0.6) is 11.5 Å². The molecule has 1 aliphatic carbocycles. The fourth-order valence-electron chi connectivity index (χ4n) is 4.82. The minimum absolute atomic E-state index is 0.0618. The van der Waals surface area contributed by atoms with Gasteiger partial charge in [-0.1, -0.05) is 20.8 Å². The van der Waals surface area contributed by atoms with Gasteiger partial charge >= 0.3 is 0 Å². The van der Waals surface area contributed by atoms with Crippen molar-refractivity contribution < 1.29 is 14.3 Å². The first-order valence-electron chi connectivity index (χ1n) is 13.2. The summed E-state index contributed by atoms with van der Waals surface area (Å²) in [4.78, 5) is 25.7. The molecule has 0 bridgehead atoms. The molecule has 0 amide bonds. The second-order valence-electron chi connectivity index (χ2n) is 11.3. The lowest BCUT2D eigenvalue weighted by atomic mass is 9.91. The van der Waals surface area contributed by atoms with Crippen LogP contribution in [0.4, 0.5) is 11.8 Å². The number of imidazole rings is 1. The lowest BCUT2D eigenvalue weighted by Crippen LogP contribution is -2.22. The summed E-state index contributed by atoms with van der Waals surface area (Å²) < 4.78 is 15.7. The Kier molecular flexibility index (Phi) is 6.14. The average molecular weight is 516 g/mol. The first kappa shape index (κ1) is 24.5. The number of ketones is 1. The summed E-state index contributed by atoms with van der Waals surface area (Å²) in [6.45, 7) is 8.02. The maximum absolute atomic E-state index is 12.2. The van der Waals surface area contributed by atoms with Crippen molar-refractivity contribution in [1.82, 2.24) is 29.3 Å². The molecule has 1 N–H and O–H groups in total. The van der Waals surface area contributed by atoms with Crippen molar-refractivity contribution in [3.8, 4) is 11.5 Å². The van der Waals surface area contributed by atoms with Crippen LogP contribution in [0.15, 0.2) is 36.7 Å². The van der Waals surface area contributed by atoms with Crippen LogP contribution in [0, 0.1) is 5.92 Å². The normalized spacial score (nSPS) is 17.7. The van der Waals surface area contributed by atoms with E-state index >= 15 is 0 Å². The summed E-state index contributed by atoms with van der Waals surface area (Å²) in [6, 6.07) is 7.84. The molecule has 1 atom stereocenters. The lowest BCUT2D eigenvalue weighted by molar-refractivity contribution is -0.119. The molecule has 10 heteroatoms. The zero-order chi connectivity index (χ0) is 26.4. The van der Waals surface area contributed by atoms with Crippen LogP contribution in [0.1, 0.15) is 57.5 Å². The fourth-order valence-corrected chi connectivity index (χ4v) is 4.82. The van der Waals surface area contributed by atoms with Gasteiger partial charge in [0, 0.05) is 61.5 Å². The number of carbonyl (C=O) groups is 1. The molecule has 0 spiro atoms. The topological polar surface area (TPSA) is 109 Å². The van der Waals surface area contributed by atoms with E-state index in [0.29, 0.717) is 36.1 Å². The largest absolute Gasteiger partial charge is 0.456 e. The maximum Gasteiger partial charge on any atom is 0.210 e. The first-order valence-corrected chi connectivity index (χ1v) is 13.2. The minimum atomic E-state index is -0.0618. The molecule has 1 saturated heterocycles. The maximum atomic E-state index is 12.2. The number of ether oxygens (including phenoxy) is 2. The van der Waals surface area contributed by atoms with Gasteiger partial charge in [-0.3, -0.25) is 14.5 Å².